The van der Waals surface area contributed by atoms with Gasteiger partial charge in [0.05, 0.1) is 0 Å². The fourth-order valence-electron chi connectivity index (χ4n) is 6.88. The van der Waals surface area contributed by atoms with Crippen molar-refractivity contribution >= 4 is 43.8 Å². The molecule has 0 bridgehead atoms. The Morgan fingerprint density at radius 1 is 0.380 bits per heavy atom. The van der Waals surface area contributed by atoms with Crippen molar-refractivity contribution in [2.45, 2.75) is 0 Å². The van der Waals surface area contributed by atoms with Crippen molar-refractivity contribution in [1.82, 2.24) is 19.9 Å². The summed E-state index contributed by atoms with van der Waals surface area (Å²) in [6, 6.07) is 52.8. The van der Waals surface area contributed by atoms with Gasteiger partial charge in [-0.15, -0.1) is 0 Å². The maximum atomic E-state index is 6.67. The number of rotatable bonds is 5. The van der Waals surface area contributed by atoms with E-state index in [2.05, 4.69) is 42.5 Å². The van der Waals surface area contributed by atoms with Crippen molar-refractivity contribution in [2.24, 2.45) is 0 Å². The monoisotopic (exact) mass is 642 g/mol. The highest BCUT2D eigenvalue weighted by Crippen LogP contribution is 2.45. The quantitative estimate of drug-likeness (QED) is 0.186. The molecule has 0 aliphatic rings. The average molecular weight is 643 g/mol. The van der Waals surface area contributed by atoms with Gasteiger partial charge < -0.3 is 8.83 Å². The Kier molecular flexibility index (Phi) is 6.39. The van der Waals surface area contributed by atoms with Gasteiger partial charge in [0.2, 0.25) is 5.89 Å². The van der Waals surface area contributed by atoms with E-state index in [0.29, 0.717) is 28.9 Å². The van der Waals surface area contributed by atoms with Crippen LogP contribution < -0.4 is 0 Å². The van der Waals surface area contributed by atoms with Gasteiger partial charge in [0.25, 0.3) is 0 Å². The summed E-state index contributed by atoms with van der Waals surface area (Å²) in [6.07, 6.45) is 0. The van der Waals surface area contributed by atoms with Gasteiger partial charge in [-0.25, -0.2) is 19.9 Å². The average Bonchev–Trinajstić information content (AvgIpc) is 3.79. The topological polar surface area (TPSA) is 77.8 Å². The van der Waals surface area contributed by atoms with Crippen LogP contribution in [0.2, 0.25) is 0 Å². The van der Waals surface area contributed by atoms with Crippen LogP contribution in [-0.2, 0) is 0 Å². The predicted molar refractivity (Wildman–Crippen MR) is 199 cm³/mol. The molecule has 10 aromatic rings. The first-order chi connectivity index (χ1) is 24.8. The maximum absolute atomic E-state index is 6.67. The van der Waals surface area contributed by atoms with Gasteiger partial charge in [-0.3, -0.25) is 0 Å². The minimum Gasteiger partial charge on any atom is -0.456 e. The largest absolute Gasteiger partial charge is 0.456 e. The summed E-state index contributed by atoms with van der Waals surface area (Å²) >= 11 is 0. The number of hydrogen-bond acceptors (Lipinski definition) is 6. The van der Waals surface area contributed by atoms with Gasteiger partial charge in [0.1, 0.15) is 16.7 Å². The summed E-state index contributed by atoms with van der Waals surface area (Å²) in [5, 5.41) is 4.04. The van der Waals surface area contributed by atoms with Crippen LogP contribution in [0.15, 0.2) is 167 Å². The first-order valence-electron chi connectivity index (χ1n) is 16.5. The van der Waals surface area contributed by atoms with Crippen molar-refractivity contribution in [3.8, 4) is 56.7 Å². The summed E-state index contributed by atoms with van der Waals surface area (Å²) in [4.78, 5) is 20.0. The number of oxazole rings is 1. The van der Waals surface area contributed by atoms with Gasteiger partial charge in [0, 0.05) is 44.7 Å². The molecular formula is C44H26N4O2. The molecule has 0 saturated carbocycles. The Balaban J connectivity index is 1.25. The molecule has 0 unspecified atom stereocenters. The molecule has 0 radical (unpaired) electrons. The summed E-state index contributed by atoms with van der Waals surface area (Å²) < 4.78 is 13.1. The van der Waals surface area contributed by atoms with Crippen LogP contribution in [0.5, 0.6) is 0 Å². The number of fused-ring (bicyclic) bond motifs is 5. The summed E-state index contributed by atoms with van der Waals surface area (Å²) in [7, 11) is 0. The highest BCUT2D eigenvalue weighted by molar-refractivity contribution is 6.22. The zero-order valence-corrected chi connectivity index (χ0v) is 26.6. The van der Waals surface area contributed by atoms with Gasteiger partial charge in [0.15, 0.2) is 23.1 Å². The van der Waals surface area contributed by atoms with Crippen molar-refractivity contribution in [1.29, 1.82) is 0 Å². The van der Waals surface area contributed by atoms with Crippen molar-refractivity contribution in [2.75, 3.05) is 0 Å². The van der Waals surface area contributed by atoms with E-state index in [1.807, 2.05) is 115 Å². The molecule has 3 aromatic heterocycles. The van der Waals surface area contributed by atoms with Crippen molar-refractivity contribution < 1.29 is 8.83 Å². The number of aromatic nitrogens is 4. The first kappa shape index (κ1) is 28.1. The van der Waals surface area contributed by atoms with Gasteiger partial charge in [-0.2, -0.15) is 0 Å². The van der Waals surface area contributed by atoms with E-state index in [1.54, 1.807) is 0 Å². The third kappa shape index (κ3) is 4.58. The fourth-order valence-corrected chi connectivity index (χ4v) is 6.88. The Labute approximate surface area is 286 Å². The summed E-state index contributed by atoms with van der Waals surface area (Å²) in [5.41, 5.74) is 8.62. The molecule has 3 heterocycles. The van der Waals surface area contributed by atoms with Crippen LogP contribution in [0.1, 0.15) is 0 Å². The summed E-state index contributed by atoms with van der Waals surface area (Å²) in [6.45, 7) is 0. The number of hydrogen-bond donors (Lipinski definition) is 0. The first-order valence-corrected chi connectivity index (χ1v) is 16.5. The minimum atomic E-state index is 0.562. The van der Waals surface area contributed by atoms with Gasteiger partial charge >= 0.3 is 0 Å². The minimum absolute atomic E-state index is 0.562. The Bertz CT molecular complexity index is 2800. The second-order valence-corrected chi connectivity index (χ2v) is 12.2. The fraction of sp³-hybridized carbons (Fsp3) is 0. The molecule has 50 heavy (non-hydrogen) atoms. The number of para-hydroxylation sites is 1. The molecule has 0 amide bonds. The van der Waals surface area contributed by atoms with Crippen molar-refractivity contribution in [3.05, 3.63) is 158 Å². The van der Waals surface area contributed by atoms with Crippen LogP contribution in [-0.4, -0.2) is 19.9 Å². The maximum Gasteiger partial charge on any atom is 0.227 e. The van der Waals surface area contributed by atoms with Crippen LogP contribution >= 0.6 is 0 Å². The zero-order valence-electron chi connectivity index (χ0n) is 26.6. The third-order valence-electron chi connectivity index (χ3n) is 9.17. The SMILES string of the molecule is c1ccc(-c2nc(-c3ccccc3)nc(-c3cccc4c(-c5c6oc(-c7ccccc7)nc6cc6oc7ccccc7c56)cccc34)n2)cc1. The van der Waals surface area contributed by atoms with Crippen LogP contribution in [0.3, 0.4) is 0 Å². The van der Waals surface area contributed by atoms with E-state index >= 15 is 0 Å². The molecule has 234 valence electrons. The van der Waals surface area contributed by atoms with E-state index in [1.165, 1.54) is 0 Å². The van der Waals surface area contributed by atoms with Crippen LogP contribution in [0, 0.1) is 0 Å². The lowest BCUT2D eigenvalue weighted by Gasteiger charge is -2.13. The van der Waals surface area contributed by atoms with Gasteiger partial charge in [-0.05, 0) is 34.5 Å². The van der Waals surface area contributed by atoms with E-state index in [0.717, 1.165) is 71.6 Å². The van der Waals surface area contributed by atoms with E-state index in [9.17, 15) is 0 Å². The molecule has 0 N–H and O–H groups in total. The lowest BCUT2D eigenvalue weighted by molar-refractivity contribution is 0.621. The third-order valence-corrected chi connectivity index (χ3v) is 9.17. The second-order valence-electron chi connectivity index (χ2n) is 12.2. The van der Waals surface area contributed by atoms with Gasteiger partial charge in [-0.1, -0.05) is 133 Å². The van der Waals surface area contributed by atoms with Crippen LogP contribution in [0.25, 0.3) is 101 Å². The molecular weight excluding hydrogens is 617 g/mol. The van der Waals surface area contributed by atoms with Crippen LogP contribution in [0.4, 0.5) is 0 Å². The standard InChI is InChI=1S/C44H26N4O2/c1-4-14-27(15-5-1)41-46-42(28-16-6-2-7-17-28)48-43(47-41)33-24-13-21-30-31(33)22-12-23-32(30)39-38-34-20-10-11-25-36(34)49-37(38)26-35-40(39)50-44(45-35)29-18-8-3-9-19-29/h1-26H. The number of furan rings is 1. The Hall–Kier alpha value is -6.92. The van der Waals surface area contributed by atoms with Crippen molar-refractivity contribution in [3.63, 3.8) is 0 Å². The van der Waals surface area contributed by atoms with E-state index < -0.39 is 0 Å². The number of nitrogens with zero attached hydrogens (tertiary/aromatic N) is 4. The van der Waals surface area contributed by atoms with E-state index in [-0.39, 0.29) is 0 Å². The molecule has 10 rings (SSSR count). The highest BCUT2D eigenvalue weighted by Gasteiger charge is 2.23. The molecule has 7 aromatic carbocycles. The Morgan fingerprint density at radius 3 is 1.60 bits per heavy atom. The zero-order chi connectivity index (χ0) is 33.0. The lowest BCUT2D eigenvalue weighted by Crippen LogP contribution is -2.00. The molecule has 0 spiro atoms. The predicted octanol–water partition coefficient (Wildman–Crippen LogP) is 11.4. The molecule has 0 saturated heterocycles. The molecule has 0 atom stereocenters. The lowest BCUT2D eigenvalue weighted by atomic mass is 9.92. The molecule has 0 aliphatic heterocycles. The molecule has 6 nitrogen and oxygen atoms in total. The molecule has 0 fully saturated rings. The second kappa shape index (κ2) is 11.4. The smallest absolute Gasteiger partial charge is 0.227 e. The highest BCUT2D eigenvalue weighted by atomic mass is 16.4. The molecule has 6 heteroatoms. The van der Waals surface area contributed by atoms with E-state index in [4.69, 9.17) is 28.8 Å². The summed E-state index contributed by atoms with van der Waals surface area (Å²) in [5.74, 6) is 2.40. The normalized spacial score (nSPS) is 11.6. The number of benzene rings is 7. The molecule has 0 aliphatic carbocycles. The Morgan fingerprint density at radius 2 is 0.920 bits per heavy atom.